The summed E-state index contributed by atoms with van der Waals surface area (Å²) < 4.78 is 5.36. The molecule has 0 bridgehead atoms. The van der Waals surface area contributed by atoms with Gasteiger partial charge in [0.05, 0.1) is 17.5 Å². The Balaban J connectivity index is 0.00000192. The Morgan fingerprint density at radius 1 is 1.30 bits per heavy atom. The molecule has 8 heteroatoms. The summed E-state index contributed by atoms with van der Waals surface area (Å²) in [4.78, 5) is 4.44. The number of halogens is 2. The molecule has 0 spiro atoms. The molecule has 3 rings (SSSR count). The van der Waals surface area contributed by atoms with E-state index in [2.05, 4.69) is 32.6 Å². The van der Waals surface area contributed by atoms with E-state index in [1.807, 2.05) is 31.3 Å². The first-order valence-corrected chi connectivity index (χ1v) is 7.35. The van der Waals surface area contributed by atoms with Crippen LogP contribution in [0.5, 0.6) is 0 Å². The molecule has 2 aromatic heterocycles. The quantitative estimate of drug-likeness (QED) is 0.735. The van der Waals surface area contributed by atoms with E-state index >= 15 is 0 Å². The van der Waals surface area contributed by atoms with E-state index in [9.17, 15) is 0 Å². The predicted octanol–water partition coefficient (Wildman–Crippen LogP) is 3.35. The second-order valence-corrected chi connectivity index (χ2v) is 5.46. The van der Waals surface area contributed by atoms with Crippen LogP contribution < -0.4 is 5.32 Å². The number of aromatic amines is 1. The molecule has 0 radical (unpaired) electrons. The molecule has 0 saturated carbocycles. The average Bonchev–Trinajstić information content (AvgIpc) is 3.16. The predicted molar refractivity (Wildman–Crippen MR) is 91.8 cm³/mol. The summed E-state index contributed by atoms with van der Waals surface area (Å²) in [5.41, 5.74) is 2.35. The highest BCUT2D eigenvalue weighted by Gasteiger charge is 2.18. The van der Waals surface area contributed by atoms with Crippen molar-refractivity contribution in [1.29, 1.82) is 0 Å². The van der Waals surface area contributed by atoms with Gasteiger partial charge in [-0.15, -0.1) is 12.4 Å². The summed E-state index contributed by atoms with van der Waals surface area (Å²) in [6, 6.07) is 7.82. The Kier molecular flexibility index (Phi) is 5.76. The van der Waals surface area contributed by atoms with Gasteiger partial charge in [0, 0.05) is 23.0 Å². The van der Waals surface area contributed by atoms with Crippen molar-refractivity contribution in [3.05, 3.63) is 41.3 Å². The van der Waals surface area contributed by atoms with Gasteiger partial charge >= 0.3 is 0 Å². The lowest BCUT2D eigenvalue weighted by atomic mass is 10.1. The fourth-order valence-corrected chi connectivity index (χ4v) is 2.37. The van der Waals surface area contributed by atoms with Gasteiger partial charge in [-0.1, -0.05) is 35.0 Å². The van der Waals surface area contributed by atoms with Crippen LogP contribution in [0.3, 0.4) is 0 Å². The second-order valence-electron chi connectivity index (χ2n) is 5.05. The number of nitrogens with zero attached hydrogens (tertiary/aromatic N) is 3. The summed E-state index contributed by atoms with van der Waals surface area (Å²) >= 11 is 6.25. The SMILES string of the molecule is CNC(C)Cc1noc(-c2cn[nH]c2-c2ccccc2Cl)n1.Cl. The van der Waals surface area contributed by atoms with E-state index in [0.717, 1.165) is 16.8 Å². The van der Waals surface area contributed by atoms with Crippen LogP contribution in [0.15, 0.2) is 35.0 Å². The van der Waals surface area contributed by atoms with Crippen LogP contribution in [0.1, 0.15) is 12.7 Å². The van der Waals surface area contributed by atoms with Crippen molar-refractivity contribution < 1.29 is 4.52 Å². The molecule has 1 unspecified atom stereocenters. The maximum atomic E-state index is 6.25. The van der Waals surface area contributed by atoms with Gasteiger partial charge in [-0.25, -0.2) is 0 Å². The van der Waals surface area contributed by atoms with E-state index in [1.165, 1.54) is 0 Å². The molecule has 1 atom stereocenters. The van der Waals surface area contributed by atoms with Crippen molar-refractivity contribution in [1.82, 2.24) is 25.7 Å². The molecular formula is C15H17Cl2N5O. The van der Waals surface area contributed by atoms with Crippen LogP contribution in [0.25, 0.3) is 22.7 Å². The Hall–Kier alpha value is -1.89. The lowest BCUT2D eigenvalue weighted by Crippen LogP contribution is -2.24. The van der Waals surface area contributed by atoms with E-state index in [0.29, 0.717) is 23.2 Å². The Bertz CT molecular complexity index is 771. The number of aromatic nitrogens is 4. The molecular weight excluding hydrogens is 337 g/mol. The van der Waals surface area contributed by atoms with Crippen molar-refractivity contribution in [2.24, 2.45) is 0 Å². The largest absolute Gasteiger partial charge is 0.334 e. The molecule has 0 aliphatic rings. The third-order valence-electron chi connectivity index (χ3n) is 3.46. The molecule has 3 aromatic rings. The van der Waals surface area contributed by atoms with Gasteiger partial charge in [-0.05, 0) is 20.0 Å². The average molecular weight is 354 g/mol. The maximum Gasteiger partial charge on any atom is 0.261 e. The van der Waals surface area contributed by atoms with Crippen molar-refractivity contribution in [2.75, 3.05) is 7.05 Å². The van der Waals surface area contributed by atoms with Crippen molar-refractivity contribution >= 4 is 24.0 Å². The van der Waals surface area contributed by atoms with Crippen LogP contribution in [0.4, 0.5) is 0 Å². The van der Waals surface area contributed by atoms with Crippen molar-refractivity contribution in [2.45, 2.75) is 19.4 Å². The molecule has 0 aliphatic carbocycles. The summed E-state index contributed by atoms with van der Waals surface area (Å²) in [7, 11) is 1.90. The van der Waals surface area contributed by atoms with Gasteiger partial charge in [-0.2, -0.15) is 10.1 Å². The zero-order chi connectivity index (χ0) is 15.5. The smallest absolute Gasteiger partial charge is 0.261 e. The minimum atomic E-state index is 0. The molecule has 23 heavy (non-hydrogen) atoms. The normalized spacial score (nSPS) is 12.0. The van der Waals surface area contributed by atoms with E-state index in [4.69, 9.17) is 16.1 Å². The van der Waals surface area contributed by atoms with Gasteiger partial charge in [-0.3, -0.25) is 5.10 Å². The Morgan fingerprint density at radius 2 is 2.09 bits per heavy atom. The highest BCUT2D eigenvalue weighted by molar-refractivity contribution is 6.33. The van der Waals surface area contributed by atoms with Crippen LogP contribution in [0.2, 0.25) is 5.02 Å². The second kappa shape index (κ2) is 7.59. The minimum Gasteiger partial charge on any atom is -0.334 e. The number of H-pyrrole nitrogens is 1. The molecule has 2 N–H and O–H groups in total. The fraction of sp³-hybridized carbons (Fsp3) is 0.267. The summed E-state index contributed by atoms with van der Waals surface area (Å²) in [5.74, 6) is 1.09. The highest BCUT2D eigenvalue weighted by atomic mass is 35.5. The number of benzene rings is 1. The third kappa shape index (κ3) is 3.72. The topological polar surface area (TPSA) is 79.6 Å². The lowest BCUT2D eigenvalue weighted by Gasteiger charge is -2.04. The van der Waals surface area contributed by atoms with Gasteiger partial charge in [0.1, 0.15) is 0 Å². The van der Waals surface area contributed by atoms with E-state index in [1.54, 1.807) is 6.20 Å². The number of rotatable bonds is 5. The molecule has 0 saturated heterocycles. The highest BCUT2D eigenvalue weighted by Crippen LogP contribution is 2.33. The summed E-state index contributed by atoms with van der Waals surface area (Å²) in [6.45, 7) is 2.06. The lowest BCUT2D eigenvalue weighted by molar-refractivity contribution is 0.418. The first-order chi connectivity index (χ1) is 10.7. The Labute approximate surface area is 145 Å². The molecule has 1 aromatic carbocycles. The molecule has 0 aliphatic heterocycles. The number of hydrogen-bond donors (Lipinski definition) is 2. The van der Waals surface area contributed by atoms with E-state index in [-0.39, 0.29) is 18.4 Å². The molecule has 2 heterocycles. The zero-order valence-electron chi connectivity index (χ0n) is 12.7. The molecule has 6 nitrogen and oxygen atoms in total. The molecule has 122 valence electrons. The van der Waals surface area contributed by atoms with Crippen LogP contribution in [-0.4, -0.2) is 33.4 Å². The van der Waals surface area contributed by atoms with Gasteiger partial charge in [0.15, 0.2) is 5.82 Å². The van der Waals surface area contributed by atoms with Crippen molar-refractivity contribution in [3.63, 3.8) is 0 Å². The monoisotopic (exact) mass is 353 g/mol. The molecule has 0 amide bonds. The molecule has 0 fully saturated rings. The number of hydrogen-bond acceptors (Lipinski definition) is 5. The zero-order valence-corrected chi connectivity index (χ0v) is 14.3. The maximum absolute atomic E-state index is 6.25. The number of nitrogens with one attached hydrogen (secondary N) is 2. The van der Waals surface area contributed by atoms with E-state index < -0.39 is 0 Å². The fourth-order valence-electron chi connectivity index (χ4n) is 2.14. The van der Waals surface area contributed by atoms with Crippen LogP contribution in [0, 0.1) is 0 Å². The van der Waals surface area contributed by atoms with Crippen LogP contribution >= 0.6 is 24.0 Å². The first kappa shape index (κ1) is 17.5. The van der Waals surface area contributed by atoms with Gasteiger partial charge in [0.2, 0.25) is 0 Å². The minimum absolute atomic E-state index is 0. The first-order valence-electron chi connectivity index (χ1n) is 6.97. The Morgan fingerprint density at radius 3 is 2.83 bits per heavy atom. The standard InChI is InChI=1S/C15H16ClN5O.ClH/c1-9(17-2)7-13-19-15(22-21-13)11-8-18-20-14(11)10-5-3-4-6-12(10)16;/h3-6,8-9,17H,7H2,1-2H3,(H,18,20);1H. The summed E-state index contributed by atoms with van der Waals surface area (Å²) in [6.07, 6.45) is 2.36. The number of likely N-dealkylation sites (N-methyl/N-ethyl adjacent to an activating group) is 1. The van der Waals surface area contributed by atoms with Gasteiger partial charge < -0.3 is 9.84 Å². The van der Waals surface area contributed by atoms with Gasteiger partial charge in [0.25, 0.3) is 5.89 Å². The van der Waals surface area contributed by atoms with Crippen molar-refractivity contribution in [3.8, 4) is 22.7 Å². The van der Waals surface area contributed by atoms with Crippen LogP contribution in [-0.2, 0) is 6.42 Å². The third-order valence-corrected chi connectivity index (χ3v) is 3.79. The summed E-state index contributed by atoms with van der Waals surface area (Å²) in [5, 5.41) is 14.8.